The van der Waals surface area contributed by atoms with Gasteiger partial charge in [-0.2, -0.15) is 15.1 Å². The molecule has 1 fully saturated rings. The van der Waals surface area contributed by atoms with Gasteiger partial charge in [0.05, 0.1) is 42.4 Å². The summed E-state index contributed by atoms with van der Waals surface area (Å²) in [6.45, 7) is -0.0732. The minimum absolute atomic E-state index is 0.0512. The molecule has 260 valence electrons. The van der Waals surface area contributed by atoms with Crippen LogP contribution in [0.3, 0.4) is 0 Å². The Hall–Kier alpha value is -6.03. The highest BCUT2D eigenvalue weighted by Crippen LogP contribution is 2.35. The van der Waals surface area contributed by atoms with Crippen molar-refractivity contribution in [3.8, 4) is 5.95 Å². The van der Waals surface area contributed by atoms with Gasteiger partial charge in [-0.1, -0.05) is 66.7 Å². The zero-order valence-electron chi connectivity index (χ0n) is 27.3. The molecule has 0 saturated heterocycles. The van der Waals surface area contributed by atoms with E-state index in [1.165, 1.54) is 23.4 Å². The second-order valence-corrected chi connectivity index (χ2v) is 12.2. The molecule has 51 heavy (non-hydrogen) atoms. The molecule has 1 aliphatic rings. The van der Waals surface area contributed by atoms with Crippen LogP contribution >= 0.6 is 0 Å². The lowest BCUT2D eigenvalue weighted by Crippen LogP contribution is -2.44. The number of fused-ring (bicyclic) bond motifs is 1. The Kier molecular flexibility index (Phi) is 9.74. The predicted molar refractivity (Wildman–Crippen MR) is 186 cm³/mol. The number of hydrogen-bond acceptors (Lipinski definition) is 11. The maximum Gasteiger partial charge on any atom is 0.254 e. The number of carbonyl (C=O) groups excluding carboxylic acids is 2. The van der Waals surface area contributed by atoms with Gasteiger partial charge in [-0.15, -0.1) is 0 Å². The summed E-state index contributed by atoms with van der Waals surface area (Å²) in [5.74, 6) is -0.553. The molecule has 4 atom stereocenters. The van der Waals surface area contributed by atoms with E-state index in [-0.39, 0.29) is 36.3 Å². The monoisotopic (exact) mass is 688 g/mol. The molecule has 7 rings (SSSR count). The molecule has 6 N–H and O–H groups in total. The molecular weight excluding hydrogens is 652 g/mol. The van der Waals surface area contributed by atoms with E-state index in [0.29, 0.717) is 29.2 Å². The minimum atomic E-state index is -1.29. The van der Waals surface area contributed by atoms with Gasteiger partial charge in [0.15, 0.2) is 17.0 Å². The standard InChI is InChI=1S/C36H36N10O5/c47-20-29(48)42-27-15-28(32(50)31(27)49)45-21-40-30-33(38-18-26(22-9-3-1-4-10-22)23-11-5-2-6-12-23)43-36(44-34(30)45)46-19-24(16-41-46)35(51)39-17-25-13-7-8-14-37-25/h1-14,16,19,21,26-28,31-32,47,49-50H,15,17-18,20H2,(H,39,51)(H,42,48)(H,38,43,44)/t27-,28+,31+,32-/m0/s1. The number of anilines is 1. The SMILES string of the molecule is O=C(CO)N[C@H]1C[C@@H](n2cnc3c(NCC(c4ccccc4)c4ccccc4)nc(-n4cc(C(=O)NCc5ccccn5)cn4)nc32)[C@H](O)[C@@H]1O. The maximum absolute atomic E-state index is 13.0. The van der Waals surface area contributed by atoms with Gasteiger partial charge in [0.2, 0.25) is 5.91 Å². The number of pyridine rings is 1. The van der Waals surface area contributed by atoms with Crippen molar-refractivity contribution in [3.63, 3.8) is 0 Å². The molecule has 2 amide bonds. The number of benzene rings is 2. The molecular formula is C36H36N10O5. The molecule has 4 heterocycles. The number of imidazole rings is 1. The summed E-state index contributed by atoms with van der Waals surface area (Å²) in [6, 6.07) is 24.1. The lowest BCUT2D eigenvalue weighted by molar-refractivity contribution is -0.125. The van der Waals surface area contributed by atoms with Crippen LogP contribution in [0.4, 0.5) is 5.82 Å². The van der Waals surface area contributed by atoms with Crippen LogP contribution in [0, 0.1) is 0 Å². The fourth-order valence-corrected chi connectivity index (χ4v) is 6.38. The molecule has 0 aliphatic heterocycles. The molecule has 0 bridgehead atoms. The average Bonchev–Trinajstić information content (AvgIpc) is 3.90. The smallest absolute Gasteiger partial charge is 0.254 e. The van der Waals surface area contributed by atoms with Gasteiger partial charge in [0, 0.05) is 24.9 Å². The van der Waals surface area contributed by atoms with Crippen LogP contribution in [0.15, 0.2) is 104 Å². The normalized spacial score (nSPS) is 18.6. The number of nitrogens with one attached hydrogen (secondary N) is 3. The number of rotatable bonds is 12. The number of amides is 2. The Morgan fingerprint density at radius 2 is 1.63 bits per heavy atom. The van der Waals surface area contributed by atoms with E-state index < -0.39 is 36.8 Å². The van der Waals surface area contributed by atoms with Crippen LogP contribution in [0.1, 0.15) is 45.6 Å². The van der Waals surface area contributed by atoms with Crippen molar-refractivity contribution in [1.29, 1.82) is 0 Å². The predicted octanol–water partition coefficient (Wildman–Crippen LogP) is 1.72. The van der Waals surface area contributed by atoms with Gasteiger partial charge < -0.3 is 35.8 Å². The van der Waals surface area contributed by atoms with E-state index >= 15 is 0 Å². The summed E-state index contributed by atoms with van der Waals surface area (Å²) in [7, 11) is 0. The average molecular weight is 689 g/mol. The van der Waals surface area contributed by atoms with Crippen molar-refractivity contribution < 1.29 is 24.9 Å². The van der Waals surface area contributed by atoms with Crippen LogP contribution in [0.5, 0.6) is 0 Å². The number of carbonyl (C=O) groups is 2. The summed E-state index contributed by atoms with van der Waals surface area (Å²) >= 11 is 0. The van der Waals surface area contributed by atoms with E-state index in [0.717, 1.165) is 11.1 Å². The zero-order valence-corrected chi connectivity index (χ0v) is 27.3. The molecule has 0 unspecified atom stereocenters. The Balaban J connectivity index is 1.24. The van der Waals surface area contributed by atoms with Crippen LogP contribution < -0.4 is 16.0 Å². The Bertz CT molecular complexity index is 2070. The van der Waals surface area contributed by atoms with Crippen molar-refractivity contribution in [2.45, 2.75) is 43.2 Å². The van der Waals surface area contributed by atoms with Crippen LogP contribution in [0.2, 0.25) is 0 Å². The zero-order chi connectivity index (χ0) is 35.3. The van der Waals surface area contributed by atoms with Gasteiger partial charge in [-0.25, -0.2) is 9.67 Å². The van der Waals surface area contributed by atoms with Gasteiger partial charge in [0.1, 0.15) is 18.8 Å². The summed E-state index contributed by atoms with van der Waals surface area (Å²) in [5, 5.41) is 44.4. The van der Waals surface area contributed by atoms with Crippen LogP contribution in [-0.4, -0.2) is 92.8 Å². The lowest BCUT2D eigenvalue weighted by Gasteiger charge is -2.20. The highest BCUT2D eigenvalue weighted by Gasteiger charge is 2.44. The molecule has 2 aromatic carbocycles. The van der Waals surface area contributed by atoms with E-state index in [2.05, 4.69) is 55.3 Å². The molecule has 4 aromatic heterocycles. The van der Waals surface area contributed by atoms with E-state index in [1.807, 2.05) is 48.5 Å². The first-order valence-electron chi connectivity index (χ1n) is 16.5. The van der Waals surface area contributed by atoms with Crippen molar-refractivity contribution in [3.05, 3.63) is 126 Å². The van der Waals surface area contributed by atoms with Crippen molar-refractivity contribution in [2.24, 2.45) is 0 Å². The third-order valence-corrected chi connectivity index (χ3v) is 8.99. The molecule has 1 aliphatic carbocycles. The Labute approximate surface area is 292 Å². The number of aliphatic hydroxyl groups excluding tert-OH is 3. The first-order valence-corrected chi connectivity index (χ1v) is 16.5. The first kappa shape index (κ1) is 33.5. The number of aromatic nitrogens is 7. The quantitative estimate of drug-likeness (QED) is 0.109. The largest absolute Gasteiger partial charge is 0.388 e. The highest BCUT2D eigenvalue weighted by molar-refractivity contribution is 5.93. The Morgan fingerprint density at radius 1 is 0.902 bits per heavy atom. The molecule has 0 spiro atoms. The van der Waals surface area contributed by atoms with Gasteiger partial charge in [-0.05, 0) is 29.7 Å². The second-order valence-electron chi connectivity index (χ2n) is 12.2. The van der Waals surface area contributed by atoms with Crippen LogP contribution in [-0.2, 0) is 11.3 Å². The topological polar surface area (TPSA) is 205 Å². The number of aliphatic hydroxyl groups is 3. The molecule has 0 radical (unpaired) electrons. The number of hydrogen-bond donors (Lipinski definition) is 6. The van der Waals surface area contributed by atoms with Gasteiger partial charge in [0.25, 0.3) is 11.9 Å². The van der Waals surface area contributed by atoms with Crippen molar-refractivity contribution in [1.82, 2.24) is 44.9 Å². The third-order valence-electron chi connectivity index (χ3n) is 8.99. The Morgan fingerprint density at radius 3 is 2.31 bits per heavy atom. The summed E-state index contributed by atoms with van der Waals surface area (Å²) in [6.07, 6.45) is 3.67. The second kappa shape index (κ2) is 14.8. The molecule has 1 saturated carbocycles. The molecule has 6 aromatic rings. The van der Waals surface area contributed by atoms with E-state index in [4.69, 9.17) is 9.97 Å². The van der Waals surface area contributed by atoms with E-state index in [9.17, 15) is 24.9 Å². The first-order chi connectivity index (χ1) is 24.9. The lowest BCUT2D eigenvalue weighted by atomic mass is 9.91. The number of nitrogens with zero attached hydrogens (tertiary/aromatic N) is 7. The third kappa shape index (κ3) is 7.17. The van der Waals surface area contributed by atoms with Crippen LogP contribution in [0.25, 0.3) is 17.1 Å². The van der Waals surface area contributed by atoms with Crippen molar-refractivity contribution >= 4 is 28.8 Å². The fraction of sp³-hybridized carbons (Fsp3) is 0.250. The van der Waals surface area contributed by atoms with E-state index in [1.54, 1.807) is 16.8 Å². The summed E-state index contributed by atoms with van der Waals surface area (Å²) < 4.78 is 3.02. The maximum atomic E-state index is 13.0. The van der Waals surface area contributed by atoms with Gasteiger partial charge >= 0.3 is 0 Å². The minimum Gasteiger partial charge on any atom is -0.388 e. The molecule has 15 heteroatoms. The summed E-state index contributed by atoms with van der Waals surface area (Å²) in [5.41, 5.74) is 3.92. The molecule has 15 nitrogen and oxygen atoms in total. The van der Waals surface area contributed by atoms with Gasteiger partial charge in [-0.3, -0.25) is 14.6 Å². The summed E-state index contributed by atoms with van der Waals surface area (Å²) in [4.78, 5) is 43.4. The highest BCUT2D eigenvalue weighted by atomic mass is 16.3. The van der Waals surface area contributed by atoms with Crippen molar-refractivity contribution in [2.75, 3.05) is 18.5 Å². The fourth-order valence-electron chi connectivity index (χ4n) is 6.38.